The molecule has 0 fully saturated rings. The van der Waals surface area contributed by atoms with Gasteiger partial charge in [-0.3, -0.25) is 4.79 Å². The third-order valence-corrected chi connectivity index (χ3v) is 2.86. The van der Waals surface area contributed by atoms with Crippen LogP contribution in [0, 0.1) is 6.92 Å². The van der Waals surface area contributed by atoms with Gasteiger partial charge >= 0.3 is 5.97 Å². The number of carbonyl (C=O) groups is 2. The number of carboxylic acids is 1. The maximum Gasteiger partial charge on any atom is 0.329 e. The lowest BCUT2D eigenvalue weighted by Gasteiger charge is -2.31. The second kappa shape index (κ2) is 5.16. The molecule has 1 N–H and O–H groups in total. The second-order valence-corrected chi connectivity index (χ2v) is 4.55. The van der Waals surface area contributed by atoms with Crippen LogP contribution in [-0.2, 0) is 16.0 Å². The molecule has 7 heteroatoms. The predicted octanol–water partition coefficient (Wildman–Crippen LogP) is 0.632. The van der Waals surface area contributed by atoms with Crippen LogP contribution in [-0.4, -0.2) is 44.6 Å². The zero-order chi connectivity index (χ0) is 13.9. The highest BCUT2D eigenvalue weighted by atomic mass is 16.5. The van der Waals surface area contributed by atoms with Gasteiger partial charge in [0.25, 0.3) is 0 Å². The number of aromatic nitrogens is 2. The number of amides is 1. The van der Waals surface area contributed by atoms with Crippen molar-refractivity contribution in [3.8, 4) is 0 Å². The van der Waals surface area contributed by atoms with Crippen LogP contribution >= 0.6 is 0 Å². The number of hydrogen-bond donors (Lipinski definition) is 1. The maximum absolute atomic E-state index is 11.8. The van der Waals surface area contributed by atoms with Crippen molar-refractivity contribution in [3.05, 3.63) is 11.7 Å². The molecule has 0 bridgehead atoms. The van der Waals surface area contributed by atoms with Gasteiger partial charge in [-0.15, -0.1) is 0 Å². The molecule has 0 aliphatic carbocycles. The van der Waals surface area contributed by atoms with Crippen LogP contribution < -0.4 is 0 Å². The van der Waals surface area contributed by atoms with Crippen molar-refractivity contribution < 1.29 is 19.2 Å². The van der Waals surface area contributed by atoms with Crippen LogP contribution in [0.25, 0.3) is 0 Å². The Hall–Kier alpha value is -1.92. The summed E-state index contributed by atoms with van der Waals surface area (Å²) >= 11 is 0. The molecule has 0 unspecified atom stereocenters. The molecule has 1 heterocycles. The first-order valence-corrected chi connectivity index (χ1v) is 5.54. The van der Waals surface area contributed by atoms with Crippen molar-refractivity contribution in [2.45, 2.75) is 39.2 Å². The van der Waals surface area contributed by atoms with Crippen LogP contribution in [0.5, 0.6) is 0 Å². The number of hydrogen-bond acceptors (Lipinski definition) is 5. The van der Waals surface area contributed by atoms with Gasteiger partial charge in [-0.25, -0.2) is 4.79 Å². The van der Waals surface area contributed by atoms with E-state index in [2.05, 4.69) is 10.1 Å². The van der Waals surface area contributed by atoms with Crippen LogP contribution in [0.2, 0.25) is 0 Å². The third kappa shape index (κ3) is 3.06. The number of rotatable bonds is 5. The highest BCUT2D eigenvalue weighted by molar-refractivity contribution is 5.86. The van der Waals surface area contributed by atoms with E-state index in [1.807, 2.05) is 0 Å². The highest BCUT2D eigenvalue weighted by Crippen LogP contribution is 2.14. The van der Waals surface area contributed by atoms with Crippen LogP contribution in [0.1, 0.15) is 32.0 Å². The van der Waals surface area contributed by atoms with E-state index in [9.17, 15) is 9.59 Å². The largest absolute Gasteiger partial charge is 0.480 e. The van der Waals surface area contributed by atoms with Crippen molar-refractivity contribution in [2.24, 2.45) is 0 Å². The smallest absolute Gasteiger partial charge is 0.329 e. The lowest BCUT2D eigenvalue weighted by atomic mass is 10.0. The normalized spacial score (nSPS) is 11.3. The van der Waals surface area contributed by atoms with E-state index < -0.39 is 11.5 Å². The Morgan fingerprint density at radius 3 is 2.50 bits per heavy atom. The van der Waals surface area contributed by atoms with Gasteiger partial charge in [0, 0.05) is 19.9 Å². The molecule has 7 nitrogen and oxygen atoms in total. The van der Waals surface area contributed by atoms with Crippen LogP contribution in [0.3, 0.4) is 0 Å². The van der Waals surface area contributed by atoms with Gasteiger partial charge in [-0.05, 0) is 20.8 Å². The van der Waals surface area contributed by atoms with E-state index in [4.69, 9.17) is 9.63 Å². The molecule has 1 amide bonds. The van der Waals surface area contributed by atoms with Gasteiger partial charge in [0.05, 0.1) is 0 Å². The Balaban J connectivity index is 2.58. The Morgan fingerprint density at radius 1 is 1.44 bits per heavy atom. The molecule has 0 spiro atoms. The topological polar surface area (TPSA) is 96.5 Å². The molecule has 0 saturated carbocycles. The molecule has 0 radical (unpaired) electrons. The standard InChI is InChI=1S/C11H17N3O4/c1-7-12-8(18-13-7)5-6-9(15)14(4)11(2,3)10(16)17/h5-6H2,1-4H3,(H,16,17). The third-order valence-electron chi connectivity index (χ3n) is 2.86. The first-order valence-electron chi connectivity index (χ1n) is 5.54. The van der Waals surface area contributed by atoms with Crippen molar-refractivity contribution in [3.63, 3.8) is 0 Å². The highest BCUT2D eigenvalue weighted by Gasteiger charge is 2.34. The quantitative estimate of drug-likeness (QED) is 0.829. The molecule has 18 heavy (non-hydrogen) atoms. The summed E-state index contributed by atoms with van der Waals surface area (Å²) in [6.07, 6.45) is 0.439. The lowest BCUT2D eigenvalue weighted by Crippen LogP contribution is -2.50. The summed E-state index contributed by atoms with van der Waals surface area (Å²) in [6.45, 7) is 4.64. The lowest BCUT2D eigenvalue weighted by molar-refractivity contribution is -0.155. The number of nitrogens with zero attached hydrogens (tertiary/aromatic N) is 3. The summed E-state index contributed by atoms with van der Waals surface area (Å²) in [5.74, 6) is -0.440. The minimum Gasteiger partial charge on any atom is -0.480 e. The first-order chi connectivity index (χ1) is 8.25. The fourth-order valence-electron chi connectivity index (χ4n) is 1.28. The molecule has 0 aliphatic heterocycles. The number of carboxylic acid groups (broad SMARTS) is 1. The minimum absolute atomic E-state index is 0.134. The molecule has 0 atom stereocenters. The summed E-state index contributed by atoms with van der Waals surface area (Å²) in [5.41, 5.74) is -1.23. The fourth-order valence-corrected chi connectivity index (χ4v) is 1.28. The SMILES string of the molecule is Cc1noc(CCC(=O)N(C)C(C)(C)C(=O)O)n1. The Morgan fingerprint density at radius 2 is 2.06 bits per heavy atom. The zero-order valence-corrected chi connectivity index (χ0v) is 10.9. The van der Waals surface area contributed by atoms with Crippen LogP contribution in [0.4, 0.5) is 0 Å². The van der Waals surface area contributed by atoms with E-state index in [-0.39, 0.29) is 12.3 Å². The van der Waals surface area contributed by atoms with E-state index >= 15 is 0 Å². The fraction of sp³-hybridized carbons (Fsp3) is 0.636. The van der Waals surface area contributed by atoms with Gasteiger partial charge < -0.3 is 14.5 Å². The monoisotopic (exact) mass is 255 g/mol. The van der Waals surface area contributed by atoms with Gasteiger partial charge in [-0.1, -0.05) is 5.16 Å². The molecular formula is C11H17N3O4. The van der Waals surface area contributed by atoms with E-state index in [1.165, 1.54) is 25.8 Å². The van der Waals surface area contributed by atoms with Crippen molar-refractivity contribution >= 4 is 11.9 Å². The van der Waals surface area contributed by atoms with Gasteiger partial charge in [0.1, 0.15) is 5.54 Å². The van der Waals surface area contributed by atoms with Crippen molar-refractivity contribution in [1.29, 1.82) is 0 Å². The van der Waals surface area contributed by atoms with Gasteiger partial charge in [-0.2, -0.15) is 4.98 Å². The molecule has 1 aromatic rings. The Bertz CT molecular complexity index is 453. The zero-order valence-electron chi connectivity index (χ0n) is 10.9. The minimum atomic E-state index is -1.23. The summed E-state index contributed by atoms with van der Waals surface area (Å²) in [5, 5.41) is 12.6. The Kier molecular flexibility index (Phi) is 4.05. The van der Waals surface area contributed by atoms with E-state index in [0.717, 1.165) is 0 Å². The number of aliphatic carboxylic acids is 1. The van der Waals surface area contributed by atoms with Gasteiger partial charge in [0.2, 0.25) is 11.8 Å². The summed E-state index contributed by atoms with van der Waals surface area (Å²) in [6, 6.07) is 0. The first kappa shape index (κ1) is 14.1. The average Bonchev–Trinajstić information content (AvgIpc) is 2.70. The summed E-state index contributed by atoms with van der Waals surface area (Å²) in [4.78, 5) is 28.0. The Labute approximate surface area is 105 Å². The van der Waals surface area contributed by atoms with E-state index in [1.54, 1.807) is 6.92 Å². The maximum atomic E-state index is 11.8. The molecule has 100 valence electrons. The van der Waals surface area contributed by atoms with Crippen molar-refractivity contribution in [1.82, 2.24) is 15.0 Å². The molecule has 0 saturated heterocycles. The summed E-state index contributed by atoms with van der Waals surface area (Å²) < 4.78 is 4.88. The van der Waals surface area contributed by atoms with Gasteiger partial charge in [0.15, 0.2) is 5.82 Å². The molecule has 0 aliphatic rings. The molecule has 1 rings (SSSR count). The van der Waals surface area contributed by atoms with Crippen LogP contribution in [0.15, 0.2) is 4.52 Å². The molecular weight excluding hydrogens is 238 g/mol. The van der Waals surface area contributed by atoms with E-state index in [0.29, 0.717) is 18.1 Å². The number of carbonyl (C=O) groups excluding carboxylic acids is 1. The number of aryl methyl sites for hydroxylation is 2. The van der Waals surface area contributed by atoms with Crippen molar-refractivity contribution in [2.75, 3.05) is 7.05 Å². The molecule has 1 aromatic heterocycles. The summed E-state index contributed by atoms with van der Waals surface area (Å²) in [7, 11) is 1.47. The molecule has 0 aromatic carbocycles. The second-order valence-electron chi connectivity index (χ2n) is 4.55. The average molecular weight is 255 g/mol. The number of likely N-dealkylation sites (N-methyl/N-ethyl adjacent to an activating group) is 1. The predicted molar refractivity (Wildman–Crippen MR) is 61.8 cm³/mol.